The van der Waals surface area contributed by atoms with Crippen molar-refractivity contribution in [3.8, 4) is 11.5 Å². The molecular weight excluding hydrogens is 511 g/mol. The van der Waals surface area contributed by atoms with Crippen LogP contribution in [0.1, 0.15) is 18.6 Å². The average Bonchev–Trinajstić information content (AvgIpc) is 2.83. The summed E-state index contributed by atoms with van der Waals surface area (Å²) in [6, 6.07) is 29.7. The van der Waals surface area contributed by atoms with Crippen molar-refractivity contribution in [2.45, 2.75) is 25.3 Å². The lowest BCUT2D eigenvalue weighted by Crippen LogP contribution is -2.30. The average molecular weight is 540 g/mol. The van der Waals surface area contributed by atoms with E-state index in [2.05, 4.69) is 4.90 Å². The van der Waals surface area contributed by atoms with Gasteiger partial charge in [-0.3, -0.25) is 0 Å². The summed E-state index contributed by atoms with van der Waals surface area (Å²) in [4.78, 5) is 8.19. The van der Waals surface area contributed by atoms with Crippen molar-refractivity contribution >= 4 is 45.8 Å². The number of aromatic hydroxyl groups is 2. The zero-order valence-electron chi connectivity index (χ0n) is 18.8. The van der Waals surface area contributed by atoms with Gasteiger partial charge in [0.05, 0.1) is 5.69 Å². The second-order valence-corrected chi connectivity index (χ2v) is 9.86. The summed E-state index contributed by atoms with van der Waals surface area (Å²) in [6.45, 7) is 1.23. The van der Waals surface area contributed by atoms with Crippen LogP contribution in [0.25, 0.3) is 0 Å². The molecule has 7 heteroatoms. The molecule has 0 amide bonds. The maximum atomic E-state index is 9.90. The molecule has 4 aromatic rings. The van der Waals surface area contributed by atoms with E-state index in [-0.39, 0.29) is 18.9 Å². The standard InChI is InChI=1S/C28H24Cl2N2O2S.CH4/c29-22-16-23(30)18-24(17-22)31-28(35-27-7-2-1-3-8-27)32(19-21-9-11-25(33)12-10-21)14-13-20-5-4-6-26(34)15-20;/h1-12,15-18,33-34H,13-14,19H2;1H4. The Labute approximate surface area is 226 Å². The number of rotatable bonds is 7. The molecule has 186 valence electrons. The van der Waals surface area contributed by atoms with E-state index in [0.717, 1.165) is 21.2 Å². The molecule has 0 aliphatic heterocycles. The molecule has 4 nitrogen and oxygen atoms in total. The number of aliphatic imine (C=N–C) groups is 1. The predicted octanol–water partition coefficient (Wildman–Crippen LogP) is 8.57. The van der Waals surface area contributed by atoms with E-state index in [1.807, 2.05) is 54.6 Å². The minimum absolute atomic E-state index is 0. The first-order valence-corrected chi connectivity index (χ1v) is 12.6. The predicted molar refractivity (Wildman–Crippen MR) is 153 cm³/mol. The van der Waals surface area contributed by atoms with Gasteiger partial charge < -0.3 is 15.1 Å². The summed E-state index contributed by atoms with van der Waals surface area (Å²) in [5.41, 5.74) is 2.72. The van der Waals surface area contributed by atoms with Gasteiger partial charge in [0, 0.05) is 28.0 Å². The van der Waals surface area contributed by atoms with E-state index in [0.29, 0.717) is 35.2 Å². The number of thioether (sulfide) groups is 1. The van der Waals surface area contributed by atoms with Crippen molar-refractivity contribution in [2.75, 3.05) is 6.54 Å². The fourth-order valence-electron chi connectivity index (χ4n) is 3.51. The van der Waals surface area contributed by atoms with E-state index >= 15 is 0 Å². The van der Waals surface area contributed by atoms with Gasteiger partial charge in [-0.1, -0.05) is 84.9 Å². The van der Waals surface area contributed by atoms with Crippen molar-refractivity contribution < 1.29 is 10.2 Å². The Balaban J connectivity index is 0.00000361. The zero-order valence-corrected chi connectivity index (χ0v) is 21.1. The van der Waals surface area contributed by atoms with Crippen LogP contribution < -0.4 is 0 Å². The van der Waals surface area contributed by atoms with Crippen LogP contribution in [-0.2, 0) is 13.0 Å². The minimum atomic E-state index is 0. The molecule has 4 aromatic carbocycles. The van der Waals surface area contributed by atoms with Crippen LogP contribution >= 0.6 is 35.0 Å². The second kappa shape index (κ2) is 13.3. The fourth-order valence-corrected chi connectivity index (χ4v) is 4.96. The lowest BCUT2D eigenvalue weighted by atomic mass is 10.1. The molecule has 0 atom stereocenters. The Morgan fingerprint density at radius 3 is 2.11 bits per heavy atom. The molecule has 0 aromatic heterocycles. The number of benzene rings is 4. The molecule has 0 spiro atoms. The summed E-state index contributed by atoms with van der Waals surface area (Å²) in [6.07, 6.45) is 0.706. The van der Waals surface area contributed by atoms with Crippen molar-refractivity contribution in [3.63, 3.8) is 0 Å². The van der Waals surface area contributed by atoms with Gasteiger partial charge in [0.1, 0.15) is 11.5 Å². The van der Waals surface area contributed by atoms with Crippen molar-refractivity contribution in [1.82, 2.24) is 4.90 Å². The molecule has 0 aliphatic rings. The molecule has 0 unspecified atom stereocenters. The zero-order chi connectivity index (χ0) is 24.6. The Hall–Kier alpha value is -3.12. The summed E-state index contributed by atoms with van der Waals surface area (Å²) < 4.78 is 0. The Kier molecular flexibility index (Phi) is 10.1. The molecule has 0 saturated heterocycles. The van der Waals surface area contributed by atoms with Crippen molar-refractivity contribution in [3.05, 3.63) is 118 Å². The third-order valence-electron chi connectivity index (χ3n) is 5.19. The first kappa shape index (κ1) is 27.5. The molecule has 0 radical (unpaired) electrons. The Morgan fingerprint density at radius 2 is 1.44 bits per heavy atom. The molecule has 4 rings (SSSR count). The molecule has 0 bridgehead atoms. The smallest absolute Gasteiger partial charge is 0.169 e. The van der Waals surface area contributed by atoms with Crippen LogP contribution in [0.3, 0.4) is 0 Å². The van der Waals surface area contributed by atoms with Gasteiger partial charge in [0.15, 0.2) is 5.17 Å². The summed E-state index contributed by atoms with van der Waals surface area (Å²) >= 11 is 14.1. The highest BCUT2D eigenvalue weighted by Crippen LogP contribution is 2.30. The van der Waals surface area contributed by atoms with Gasteiger partial charge in [0.25, 0.3) is 0 Å². The van der Waals surface area contributed by atoms with E-state index < -0.39 is 0 Å². The molecular formula is C29H28Cl2N2O2S. The van der Waals surface area contributed by atoms with Crippen molar-refractivity contribution in [1.29, 1.82) is 0 Å². The highest BCUT2D eigenvalue weighted by molar-refractivity contribution is 8.13. The molecule has 2 N–H and O–H groups in total. The quantitative estimate of drug-likeness (QED) is 0.140. The molecule has 0 fully saturated rings. The van der Waals surface area contributed by atoms with Gasteiger partial charge >= 0.3 is 0 Å². The number of amidine groups is 1. The van der Waals surface area contributed by atoms with Gasteiger partial charge in [-0.2, -0.15) is 0 Å². The van der Waals surface area contributed by atoms with Gasteiger partial charge in [0.2, 0.25) is 0 Å². The van der Waals surface area contributed by atoms with E-state index in [1.54, 1.807) is 54.2 Å². The summed E-state index contributed by atoms with van der Waals surface area (Å²) in [7, 11) is 0. The normalized spacial score (nSPS) is 11.1. The first-order chi connectivity index (χ1) is 16.9. The van der Waals surface area contributed by atoms with Crippen LogP contribution in [0.5, 0.6) is 11.5 Å². The lowest BCUT2D eigenvalue weighted by Gasteiger charge is -2.26. The first-order valence-electron chi connectivity index (χ1n) is 11.0. The van der Waals surface area contributed by atoms with Crippen molar-refractivity contribution in [2.24, 2.45) is 4.99 Å². The van der Waals surface area contributed by atoms with Crippen LogP contribution in [0, 0.1) is 0 Å². The number of hydrogen-bond donors (Lipinski definition) is 2. The molecule has 0 saturated carbocycles. The van der Waals surface area contributed by atoms with Gasteiger partial charge in [-0.25, -0.2) is 4.99 Å². The van der Waals surface area contributed by atoms with Gasteiger partial charge in [-0.15, -0.1) is 0 Å². The third-order valence-corrected chi connectivity index (χ3v) is 6.66. The number of hydrogen-bond acceptors (Lipinski definition) is 4. The highest BCUT2D eigenvalue weighted by atomic mass is 35.5. The lowest BCUT2D eigenvalue weighted by molar-refractivity contribution is 0.423. The van der Waals surface area contributed by atoms with E-state index in [9.17, 15) is 10.2 Å². The fraction of sp³-hybridized carbons (Fsp3) is 0.138. The summed E-state index contributed by atoms with van der Waals surface area (Å²) in [5.74, 6) is 0.467. The third kappa shape index (κ3) is 8.23. The monoisotopic (exact) mass is 538 g/mol. The SMILES string of the molecule is C.Oc1ccc(CN(CCc2cccc(O)c2)C(=Nc2cc(Cl)cc(Cl)c2)Sc2ccccc2)cc1. The topological polar surface area (TPSA) is 56.1 Å². The summed E-state index contributed by atoms with van der Waals surface area (Å²) in [5, 5.41) is 21.4. The molecule has 0 heterocycles. The maximum absolute atomic E-state index is 9.90. The molecule has 36 heavy (non-hydrogen) atoms. The van der Waals surface area contributed by atoms with Crippen LogP contribution in [-0.4, -0.2) is 26.8 Å². The van der Waals surface area contributed by atoms with E-state index in [1.165, 1.54) is 0 Å². The number of phenols is 2. The van der Waals surface area contributed by atoms with Crippen LogP contribution in [0.2, 0.25) is 10.0 Å². The highest BCUT2D eigenvalue weighted by Gasteiger charge is 2.16. The van der Waals surface area contributed by atoms with E-state index in [4.69, 9.17) is 28.2 Å². The largest absolute Gasteiger partial charge is 0.508 e. The Morgan fingerprint density at radius 1 is 0.750 bits per heavy atom. The van der Waals surface area contributed by atoms with Crippen LogP contribution in [0.15, 0.2) is 107 Å². The number of phenolic OH excluding ortho intramolecular Hbond substituents is 2. The second-order valence-electron chi connectivity index (χ2n) is 7.95. The number of halogens is 2. The Bertz CT molecular complexity index is 1280. The van der Waals surface area contributed by atoms with Crippen LogP contribution in [0.4, 0.5) is 5.69 Å². The molecule has 0 aliphatic carbocycles. The number of nitrogens with zero attached hydrogens (tertiary/aromatic N) is 2. The maximum Gasteiger partial charge on any atom is 0.169 e. The minimum Gasteiger partial charge on any atom is -0.508 e. The van der Waals surface area contributed by atoms with Gasteiger partial charge in [-0.05, 0) is 72.1 Å².